The maximum atomic E-state index is 11.9. The molecule has 1 heterocycles. The molecule has 0 atom stereocenters. The quantitative estimate of drug-likeness (QED) is 0.670. The molecule has 110 valence electrons. The van der Waals surface area contributed by atoms with Crippen LogP contribution in [0.2, 0.25) is 5.02 Å². The third-order valence-corrected chi connectivity index (χ3v) is 3.30. The molecule has 5 nitrogen and oxygen atoms in total. The van der Waals surface area contributed by atoms with Crippen LogP contribution >= 0.6 is 11.6 Å². The molecule has 0 fully saturated rings. The van der Waals surface area contributed by atoms with E-state index in [1.165, 1.54) is 13.2 Å². The van der Waals surface area contributed by atoms with Gasteiger partial charge >= 0.3 is 5.97 Å². The van der Waals surface area contributed by atoms with E-state index in [9.17, 15) is 4.79 Å². The lowest BCUT2D eigenvalue weighted by Gasteiger charge is -2.15. The highest BCUT2D eigenvalue weighted by Gasteiger charge is 2.17. The fourth-order valence-corrected chi connectivity index (χ4v) is 2.25. The summed E-state index contributed by atoms with van der Waals surface area (Å²) < 4.78 is 4.77. The highest BCUT2D eigenvalue weighted by Crippen LogP contribution is 2.33. The van der Waals surface area contributed by atoms with Crippen molar-refractivity contribution in [2.24, 2.45) is 0 Å². The Morgan fingerprint density at radius 1 is 1.33 bits per heavy atom. The number of carbonyl (C=O) groups excluding carboxylic acids is 1. The van der Waals surface area contributed by atoms with E-state index in [-0.39, 0.29) is 5.56 Å². The minimum atomic E-state index is -0.510. The topological polar surface area (TPSA) is 77.2 Å². The van der Waals surface area contributed by atoms with Crippen LogP contribution in [0.4, 0.5) is 17.1 Å². The maximum Gasteiger partial charge on any atom is 0.340 e. The second-order valence-electron chi connectivity index (χ2n) is 4.63. The number of nitrogens with zero attached hydrogens (tertiary/aromatic N) is 1. The molecule has 0 bridgehead atoms. The fourth-order valence-electron chi connectivity index (χ4n) is 1.98. The number of carbonyl (C=O) groups is 1. The summed E-state index contributed by atoms with van der Waals surface area (Å²) in [7, 11) is 1.31. The first kappa shape index (κ1) is 15.1. The lowest BCUT2D eigenvalue weighted by Crippen LogP contribution is -2.08. The molecule has 2 aromatic rings. The number of nitrogen functional groups attached to an aromatic ring is 1. The van der Waals surface area contributed by atoms with Gasteiger partial charge < -0.3 is 15.8 Å². The standard InChI is InChI=1S/C15H16ClN3O2/c1-8-4-5-13(9(2)18-8)19-14-11(15(20)21-3)6-10(17)7-12(14)16/h4-7,19H,17H2,1-3H3. The van der Waals surface area contributed by atoms with E-state index in [4.69, 9.17) is 22.1 Å². The molecule has 6 heteroatoms. The van der Waals surface area contributed by atoms with Crippen LogP contribution in [0.25, 0.3) is 0 Å². The van der Waals surface area contributed by atoms with Crippen LogP contribution in [0.1, 0.15) is 21.7 Å². The van der Waals surface area contributed by atoms with E-state index in [0.717, 1.165) is 17.1 Å². The second kappa shape index (κ2) is 6.01. The van der Waals surface area contributed by atoms with Gasteiger partial charge in [-0.3, -0.25) is 4.98 Å². The van der Waals surface area contributed by atoms with Crippen molar-refractivity contribution in [3.8, 4) is 0 Å². The minimum absolute atomic E-state index is 0.280. The van der Waals surface area contributed by atoms with Gasteiger partial charge in [0.15, 0.2) is 0 Å². The first-order valence-electron chi connectivity index (χ1n) is 6.31. The van der Waals surface area contributed by atoms with E-state index < -0.39 is 5.97 Å². The number of nitrogens with one attached hydrogen (secondary N) is 1. The van der Waals surface area contributed by atoms with Crippen LogP contribution in [0.3, 0.4) is 0 Å². The van der Waals surface area contributed by atoms with E-state index >= 15 is 0 Å². The molecule has 0 aliphatic heterocycles. The van der Waals surface area contributed by atoms with Crippen LogP contribution < -0.4 is 11.1 Å². The summed E-state index contributed by atoms with van der Waals surface area (Å²) in [5.74, 6) is -0.510. The van der Waals surface area contributed by atoms with Gasteiger partial charge in [-0.1, -0.05) is 11.6 Å². The monoisotopic (exact) mass is 305 g/mol. The summed E-state index contributed by atoms with van der Waals surface area (Å²) in [4.78, 5) is 16.2. The van der Waals surface area contributed by atoms with Crippen molar-refractivity contribution in [3.63, 3.8) is 0 Å². The van der Waals surface area contributed by atoms with Crippen molar-refractivity contribution in [2.75, 3.05) is 18.2 Å². The van der Waals surface area contributed by atoms with Gasteiger partial charge in [-0.25, -0.2) is 4.79 Å². The van der Waals surface area contributed by atoms with Crippen LogP contribution in [-0.4, -0.2) is 18.1 Å². The van der Waals surface area contributed by atoms with Crippen molar-refractivity contribution in [3.05, 3.63) is 46.2 Å². The smallest absolute Gasteiger partial charge is 0.340 e. The first-order chi connectivity index (χ1) is 9.92. The summed E-state index contributed by atoms with van der Waals surface area (Å²) >= 11 is 6.20. The Labute approximate surface area is 128 Å². The lowest BCUT2D eigenvalue weighted by atomic mass is 10.1. The summed E-state index contributed by atoms with van der Waals surface area (Å²) in [5, 5.41) is 3.47. The Hall–Kier alpha value is -2.27. The van der Waals surface area contributed by atoms with Crippen molar-refractivity contribution in [1.29, 1.82) is 0 Å². The fraction of sp³-hybridized carbons (Fsp3) is 0.200. The Bertz CT molecular complexity index is 702. The highest BCUT2D eigenvalue weighted by molar-refractivity contribution is 6.34. The van der Waals surface area contributed by atoms with Crippen molar-refractivity contribution < 1.29 is 9.53 Å². The number of aromatic nitrogens is 1. The molecule has 21 heavy (non-hydrogen) atoms. The van der Waals surface area contributed by atoms with Crippen molar-refractivity contribution in [1.82, 2.24) is 4.98 Å². The lowest BCUT2D eigenvalue weighted by molar-refractivity contribution is 0.0602. The minimum Gasteiger partial charge on any atom is -0.465 e. The van der Waals surface area contributed by atoms with Gasteiger partial charge in [-0.05, 0) is 38.1 Å². The number of aryl methyl sites for hydroxylation is 2. The zero-order chi connectivity index (χ0) is 15.6. The molecule has 0 spiro atoms. The van der Waals surface area contributed by atoms with E-state index in [2.05, 4.69) is 10.3 Å². The number of hydrogen-bond acceptors (Lipinski definition) is 5. The van der Waals surface area contributed by atoms with E-state index in [1.807, 2.05) is 26.0 Å². The molecule has 2 rings (SSSR count). The Kier molecular flexibility index (Phi) is 4.33. The number of methoxy groups -OCH3 is 1. The molecular weight excluding hydrogens is 290 g/mol. The Balaban J connectivity index is 2.50. The number of ether oxygens (including phenoxy) is 1. The molecule has 0 unspecified atom stereocenters. The van der Waals surface area contributed by atoms with Gasteiger partial charge in [-0.15, -0.1) is 0 Å². The average molecular weight is 306 g/mol. The zero-order valence-corrected chi connectivity index (χ0v) is 12.8. The number of esters is 1. The Morgan fingerprint density at radius 2 is 2.05 bits per heavy atom. The highest BCUT2D eigenvalue weighted by atomic mass is 35.5. The molecule has 0 saturated carbocycles. The molecule has 0 radical (unpaired) electrons. The van der Waals surface area contributed by atoms with Gasteiger partial charge in [0.05, 0.1) is 34.8 Å². The maximum absolute atomic E-state index is 11.9. The summed E-state index contributed by atoms with van der Waals surface area (Å²) in [6.07, 6.45) is 0. The van der Waals surface area contributed by atoms with Crippen LogP contribution in [-0.2, 0) is 4.74 Å². The van der Waals surface area contributed by atoms with Gasteiger partial charge in [-0.2, -0.15) is 0 Å². The number of anilines is 3. The number of pyridine rings is 1. The largest absolute Gasteiger partial charge is 0.465 e. The van der Waals surface area contributed by atoms with Gasteiger partial charge in [0, 0.05) is 11.4 Å². The predicted molar refractivity (Wildman–Crippen MR) is 84.2 cm³/mol. The molecule has 1 aromatic carbocycles. The Morgan fingerprint density at radius 3 is 2.67 bits per heavy atom. The number of benzene rings is 1. The molecule has 3 N–H and O–H groups in total. The first-order valence-corrected chi connectivity index (χ1v) is 6.68. The predicted octanol–water partition coefficient (Wildman–Crippen LogP) is 3.46. The third kappa shape index (κ3) is 3.25. The molecule has 0 amide bonds. The molecule has 0 aliphatic rings. The van der Waals surface area contributed by atoms with Crippen LogP contribution in [0.15, 0.2) is 24.3 Å². The van der Waals surface area contributed by atoms with E-state index in [1.54, 1.807) is 6.07 Å². The second-order valence-corrected chi connectivity index (χ2v) is 5.03. The van der Waals surface area contributed by atoms with Gasteiger partial charge in [0.1, 0.15) is 0 Å². The average Bonchev–Trinajstić information content (AvgIpc) is 2.42. The third-order valence-electron chi connectivity index (χ3n) is 3.00. The van der Waals surface area contributed by atoms with Crippen molar-refractivity contribution in [2.45, 2.75) is 13.8 Å². The molecule has 0 saturated heterocycles. The molecule has 0 aliphatic carbocycles. The SMILES string of the molecule is COC(=O)c1cc(N)cc(Cl)c1Nc1ccc(C)nc1C. The van der Waals surface area contributed by atoms with Crippen molar-refractivity contribution >= 4 is 34.6 Å². The summed E-state index contributed by atoms with van der Waals surface area (Å²) in [5.41, 5.74) is 9.33. The summed E-state index contributed by atoms with van der Waals surface area (Å²) in [6, 6.07) is 6.86. The molecule has 1 aromatic heterocycles. The summed E-state index contributed by atoms with van der Waals surface area (Å²) in [6.45, 7) is 3.78. The number of nitrogens with two attached hydrogens (primary N) is 1. The number of hydrogen-bond donors (Lipinski definition) is 2. The molecular formula is C15H16ClN3O2. The normalized spacial score (nSPS) is 10.3. The van der Waals surface area contributed by atoms with Crippen LogP contribution in [0, 0.1) is 13.8 Å². The number of rotatable bonds is 3. The zero-order valence-electron chi connectivity index (χ0n) is 12.0. The van der Waals surface area contributed by atoms with Gasteiger partial charge in [0.25, 0.3) is 0 Å². The van der Waals surface area contributed by atoms with E-state index in [0.29, 0.717) is 16.4 Å². The van der Waals surface area contributed by atoms with Crippen LogP contribution in [0.5, 0.6) is 0 Å². The van der Waals surface area contributed by atoms with Gasteiger partial charge in [0.2, 0.25) is 0 Å². The number of halogens is 1.